The highest BCUT2D eigenvalue weighted by Crippen LogP contribution is 2.41. The maximum absolute atomic E-state index is 15.3. The molecule has 2 atom stereocenters. The van der Waals surface area contributed by atoms with Crippen LogP contribution in [0.15, 0.2) is 54.6 Å². The molecule has 1 saturated heterocycles. The molecule has 1 aliphatic heterocycles. The molecular formula is C38H36F6O3. The number of carbonyl (C=O) groups excluding carboxylic acids is 1. The van der Waals surface area contributed by atoms with E-state index in [0.717, 1.165) is 0 Å². The van der Waals surface area contributed by atoms with Gasteiger partial charge in [0.15, 0.2) is 34.9 Å². The largest absolute Gasteiger partial charge is 0.462 e. The van der Waals surface area contributed by atoms with Crippen LogP contribution in [0.5, 0.6) is 0 Å². The van der Waals surface area contributed by atoms with Crippen molar-refractivity contribution in [3.63, 3.8) is 0 Å². The molecule has 1 saturated carbocycles. The fourth-order valence-electron chi connectivity index (χ4n) is 6.83. The molecule has 6 rings (SSSR count). The smallest absolute Gasteiger partial charge is 0.309 e. The second-order valence-corrected chi connectivity index (χ2v) is 12.6. The number of hydrogen-bond acceptors (Lipinski definition) is 3. The molecule has 0 aromatic heterocycles. The number of carbonyl (C=O) groups is 1. The van der Waals surface area contributed by atoms with E-state index >= 15 is 8.78 Å². The molecule has 3 aromatic carbocycles. The first kappa shape index (κ1) is 33.1. The lowest BCUT2D eigenvalue weighted by Crippen LogP contribution is -2.28. The molecule has 0 spiro atoms. The lowest BCUT2D eigenvalue weighted by atomic mass is 9.78. The van der Waals surface area contributed by atoms with E-state index in [0.29, 0.717) is 68.9 Å². The number of allylic oxidation sites excluding steroid dienone is 3. The van der Waals surface area contributed by atoms with Gasteiger partial charge in [-0.05, 0) is 80.9 Å². The summed E-state index contributed by atoms with van der Waals surface area (Å²) < 4.78 is 100. The fourth-order valence-corrected chi connectivity index (χ4v) is 6.83. The Kier molecular flexibility index (Phi) is 9.92. The number of halogens is 6. The van der Waals surface area contributed by atoms with Crippen molar-refractivity contribution in [1.29, 1.82) is 0 Å². The van der Waals surface area contributed by atoms with Crippen LogP contribution in [0.3, 0.4) is 0 Å². The predicted molar refractivity (Wildman–Crippen MR) is 166 cm³/mol. The Bertz CT molecular complexity index is 1720. The Morgan fingerprint density at radius 3 is 2.02 bits per heavy atom. The minimum absolute atomic E-state index is 0.0489. The molecule has 2 unspecified atom stereocenters. The van der Waals surface area contributed by atoms with Crippen LogP contribution >= 0.6 is 0 Å². The summed E-state index contributed by atoms with van der Waals surface area (Å²) >= 11 is 0. The van der Waals surface area contributed by atoms with Crippen LogP contribution in [0, 0.1) is 40.8 Å². The zero-order chi connectivity index (χ0) is 33.2. The summed E-state index contributed by atoms with van der Waals surface area (Å²) in [5, 5.41) is 0. The van der Waals surface area contributed by atoms with Crippen molar-refractivity contribution in [3.8, 4) is 11.1 Å². The van der Waals surface area contributed by atoms with Crippen molar-refractivity contribution in [2.75, 3.05) is 6.61 Å². The Morgan fingerprint density at radius 2 is 1.40 bits per heavy atom. The quantitative estimate of drug-likeness (QED) is 0.0998. The van der Waals surface area contributed by atoms with Crippen molar-refractivity contribution < 1.29 is 40.6 Å². The second-order valence-electron chi connectivity index (χ2n) is 12.6. The molecule has 9 heteroatoms. The third-order valence-corrected chi connectivity index (χ3v) is 9.66. The minimum atomic E-state index is -1.25. The van der Waals surface area contributed by atoms with Gasteiger partial charge in [0.25, 0.3) is 0 Å². The predicted octanol–water partition coefficient (Wildman–Crippen LogP) is 10.2. The SMILES string of the molecule is C/C=C/CCc1ccc(C2=CCC(OC(=O)C3CCC(c4ccc(-c5ccc(C6CO6)c(F)c5F)c(F)c4F)CC3)CC2)c(F)c1F. The van der Waals surface area contributed by atoms with Gasteiger partial charge >= 0.3 is 5.97 Å². The van der Waals surface area contributed by atoms with Gasteiger partial charge in [-0.25, -0.2) is 26.3 Å². The van der Waals surface area contributed by atoms with Gasteiger partial charge in [0.05, 0.1) is 12.5 Å². The van der Waals surface area contributed by atoms with Gasteiger partial charge in [-0.1, -0.05) is 54.6 Å². The van der Waals surface area contributed by atoms with Gasteiger partial charge in [0, 0.05) is 28.7 Å². The summed E-state index contributed by atoms with van der Waals surface area (Å²) in [6.07, 6.45) is 8.74. The van der Waals surface area contributed by atoms with Crippen molar-refractivity contribution in [2.45, 2.75) is 82.8 Å². The van der Waals surface area contributed by atoms with Gasteiger partial charge in [0.2, 0.25) is 0 Å². The average molecular weight is 655 g/mol. The maximum Gasteiger partial charge on any atom is 0.309 e. The fraction of sp³-hybridized carbons (Fsp3) is 0.395. The molecule has 248 valence electrons. The van der Waals surface area contributed by atoms with E-state index in [2.05, 4.69) is 0 Å². The van der Waals surface area contributed by atoms with Gasteiger partial charge < -0.3 is 9.47 Å². The summed E-state index contributed by atoms with van der Waals surface area (Å²) in [5.41, 5.74) is 0.719. The number of esters is 1. The molecule has 0 N–H and O–H groups in total. The molecule has 3 aliphatic rings. The number of aryl methyl sites for hydroxylation is 1. The average Bonchev–Trinajstić information content (AvgIpc) is 3.92. The van der Waals surface area contributed by atoms with Gasteiger partial charge in [-0.15, -0.1) is 0 Å². The second kappa shape index (κ2) is 14.1. The molecule has 2 aliphatic carbocycles. The maximum atomic E-state index is 15.3. The van der Waals surface area contributed by atoms with Gasteiger partial charge in [0.1, 0.15) is 12.2 Å². The van der Waals surface area contributed by atoms with E-state index in [4.69, 9.17) is 9.47 Å². The van der Waals surface area contributed by atoms with E-state index in [1.807, 2.05) is 19.1 Å². The third kappa shape index (κ3) is 6.91. The summed E-state index contributed by atoms with van der Waals surface area (Å²) in [5.74, 6) is -7.50. The molecular weight excluding hydrogens is 618 g/mol. The first-order valence-corrected chi connectivity index (χ1v) is 16.2. The number of hydrogen-bond donors (Lipinski definition) is 0. The normalized spacial score (nSPS) is 22.7. The summed E-state index contributed by atoms with van der Waals surface area (Å²) in [4.78, 5) is 13.0. The van der Waals surface area contributed by atoms with Crippen molar-refractivity contribution in [2.24, 2.45) is 5.92 Å². The molecule has 3 aromatic rings. The molecule has 47 heavy (non-hydrogen) atoms. The van der Waals surface area contributed by atoms with Crippen molar-refractivity contribution in [1.82, 2.24) is 0 Å². The van der Waals surface area contributed by atoms with Crippen LogP contribution in [-0.4, -0.2) is 18.7 Å². The lowest BCUT2D eigenvalue weighted by molar-refractivity contribution is -0.155. The van der Waals surface area contributed by atoms with Crippen LogP contribution < -0.4 is 0 Å². The first-order valence-electron chi connectivity index (χ1n) is 16.2. The van der Waals surface area contributed by atoms with Crippen LogP contribution in [-0.2, 0) is 20.7 Å². The molecule has 0 radical (unpaired) electrons. The highest BCUT2D eigenvalue weighted by atomic mass is 19.2. The van der Waals surface area contributed by atoms with Crippen LogP contribution in [0.1, 0.15) is 92.6 Å². The lowest BCUT2D eigenvalue weighted by Gasteiger charge is -2.30. The number of epoxide rings is 1. The van der Waals surface area contributed by atoms with E-state index < -0.39 is 46.9 Å². The van der Waals surface area contributed by atoms with Crippen molar-refractivity contribution >= 4 is 11.5 Å². The Balaban J connectivity index is 1.04. The van der Waals surface area contributed by atoms with Gasteiger partial charge in [-0.3, -0.25) is 4.79 Å². The first-order chi connectivity index (χ1) is 22.7. The third-order valence-electron chi connectivity index (χ3n) is 9.66. The summed E-state index contributed by atoms with van der Waals surface area (Å²) in [6, 6.07) is 8.47. The number of benzene rings is 3. The van der Waals surface area contributed by atoms with E-state index in [-0.39, 0.29) is 52.4 Å². The van der Waals surface area contributed by atoms with Crippen LogP contribution in [0.2, 0.25) is 0 Å². The molecule has 0 amide bonds. The highest BCUT2D eigenvalue weighted by Gasteiger charge is 2.34. The van der Waals surface area contributed by atoms with Gasteiger partial charge in [-0.2, -0.15) is 0 Å². The number of rotatable bonds is 9. The van der Waals surface area contributed by atoms with E-state index in [1.54, 1.807) is 18.2 Å². The molecule has 0 bridgehead atoms. The Labute approximate surface area is 270 Å². The highest BCUT2D eigenvalue weighted by molar-refractivity contribution is 5.73. The molecule has 2 fully saturated rings. The topological polar surface area (TPSA) is 38.8 Å². The van der Waals surface area contributed by atoms with Crippen LogP contribution in [0.4, 0.5) is 26.3 Å². The van der Waals surface area contributed by atoms with E-state index in [9.17, 15) is 22.4 Å². The summed E-state index contributed by atoms with van der Waals surface area (Å²) in [6.45, 7) is 2.16. The molecule has 3 nitrogen and oxygen atoms in total. The monoisotopic (exact) mass is 654 g/mol. The Morgan fingerprint density at radius 1 is 0.787 bits per heavy atom. The zero-order valence-electron chi connectivity index (χ0n) is 26.1. The van der Waals surface area contributed by atoms with E-state index in [1.165, 1.54) is 24.3 Å². The standard InChI is InChI=1S/C38H36F6O3/c1-2-3-4-5-23-12-15-26(33(40)32(23)39)22-10-13-25(14-11-22)47-38(45)24-8-6-21(7-9-24)27-16-17-28(35(42)34(27)41)29-18-19-30(31-20-46-31)37(44)36(29)43/h2-3,10,12,15-19,21,24-25,31H,4-9,11,13-14,20H2,1H3/b3-2+. The summed E-state index contributed by atoms with van der Waals surface area (Å²) in [7, 11) is 0. The van der Waals surface area contributed by atoms with Crippen LogP contribution in [0.25, 0.3) is 16.7 Å². The molecule has 1 heterocycles. The van der Waals surface area contributed by atoms with Crippen molar-refractivity contribution in [3.05, 3.63) is 112 Å². The zero-order valence-corrected chi connectivity index (χ0v) is 26.1. The number of ether oxygens (including phenoxy) is 2. The minimum Gasteiger partial charge on any atom is -0.462 e. The Hall–Kier alpha value is -3.85.